The van der Waals surface area contributed by atoms with Gasteiger partial charge in [-0.15, -0.1) is 24.8 Å². The highest BCUT2D eigenvalue weighted by Gasteiger charge is 2.26. The molecule has 2 aliphatic rings. The average molecular weight is 450 g/mol. The first kappa shape index (κ1) is 25.8. The van der Waals surface area contributed by atoms with Crippen molar-refractivity contribution < 1.29 is 19.0 Å². The molecule has 0 saturated carbocycles. The van der Waals surface area contributed by atoms with Gasteiger partial charge in [-0.25, -0.2) is 0 Å². The number of carbonyl (C=O) groups excluding carboxylic acids is 1. The van der Waals surface area contributed by atoms with E-state index in [0.29, 0.717) is 31.3 Å². The van der Waals surface area contributed by atoms with E-state index in [1.54, 1.807) is 14.2 Å². The molecule has 1 aromatic carbocycles. The number of ether oxygens (including phenoxy) is 3. The van der Waals surface area contributed by atoms with Crippen molar-refractivity contribution in [2.45, 2.75) is 31.3 Å². The van der Waals surface area contributed by atoms with Crippen molar-refractivity contribution in [1.29, 1.82) is 0 Å². The van der Waals surface area contributed by atoms with Crippen molar-refractivity contribution >= 4 is 30.7 Å². The predicted molar refractivity (Wildman–Crippen MR) is 118 cm³/mol. The van der Waals surface area contributed by atoms with E-state index >= 15 is 0 Å². The second-order valence-electron chi connectivity index (χ2n) is 7.03. The number of hydrogen-bond donors (Lipinski definition) is 2. The maximum absolute atomic E-state index is 12.6. The number of benzene rings is 1. The first-order valence-corrected chi connectivity index (χ1v) is 9.77. The van der Waals surface area contributed by atoms with Crippen LogP contribution in [0.15, 0.2) is 18.2 Å². The van der Waals surface area contributed by atoms with Crippen LogP contribution in [0.1, 0.15) is 30.9 Å². The smallest absolute Gasteiger partial charge is 0.237 e. The second kappa shape index (κ2) is 13.1. The minimum absolute atomic E-state index is 0. The predicted octanol–water partition coefficient (Wildman–Crippen LogP) is 2.18. The summed E-state index contributed by atoms with van der Waals surface area (Å²) in [6.07, 6.45) is 3.16. The van der Waals surface area contributed by atoms with E-state index in [0.717, 1.165) is 44.5 Å². The fourth-order valence-electron chi connectivity index (χ4n) is 3.80. The lowest BCUT2D eigenvalue weighted by Gasteiger charge is -2.35. The molecule has 9 heteroatoms. The molecule has 2 unspecified atom stereocenters. The molecule has 2 aliphatic heterocycles. The number of hydrogen-bond acceptors (Lipinski definition) is 6. The summed E-state index contributed by atoms with van der Waals surface area (Å²) >= 11 is 0. The van der Waals surface area contributed by atoms with Crippen LogP contribution in [0.3, 0.4) is 0 Å². The minimum Gasteiger partial charge on any atom is -0.493 e. The molecule has 2 heterocycles. The van der Waals surface area contributed by atoms with E-state index in [1.165, 1.54) is 0 Å². The summed E-state index contributed by atoms with van der Waals surface area (Å²) in [7, 11) is 3.27. The molecule has 0 aromatic heterocycles. The number of rotatable bonds is 7. The van der Waals surface area contributed by atoms with Gasteiger partial charge in [-0.05, 0) is 37.1 Å². The molecule has 7 nitrogen and oxygen atoms in total. The van der Waals surface area contributed by atoms with Gasteiger partial charge in [0.15, 0.2) is 11.5 Å². The van der Waals surface area contributed by atoms with Crippen molar-refractivity contribution in [2.24, 2.45) is 0 Å². The number of nitrogens with one attached hydrogen (secondary N) is 2. The van der Waals surface area contributed by atoms with Crippen LogP contribution >= 0.6 is 24.8 Å². The van der Waals surface area contributed by atoms with Gasteiger partial charge in [0.05, 0.1) is 39.5 Å². The van der Waals surface area contributed by atoms with Crippen molar-refractivity contribution in [3.63, 3.8) is 0 Å². The molecule has 0 spiro atoms. The highest BCUT2D eigenvalue weighted by atomic mass is 35.5. The van der Waals surface area contributed by atoms with Crippen molar-refractivity contribution in [3.8, 4) is 11.5 Å². The quantitative estimate of drug-likeness (QED) is 0.664. The molecular weight excluding hydrogens is 417 g/mol. The van der Waals surface area contributed by atoms with Crippen LogP contribution in [0.25, 0.3) is 0 Å². The average Bonchev–Trinajstić information content (AvgIpc) is 2.75. The van der Waals surface area contributed by atoms with E-state index in [2.05, 4.69) is 15.5 Å². The zero-order chi connectivity index (χ0) is 19.1. The number of methoxy groups -OCH3 is 2. The molecule has 2 atom stereocenters. The van der Waals surface area contributed by atoms with Crippen molar-refractivity contribution in [1.82, 2.24) is 15.5 Å². The Kier molecular flexibility index (Phi) is 11.7. The number of nitrogens with zero attached hydrogens (tertiary/aromatic N) is 1. The first-order chi connectivity index (χ1) is 13.2. The van der Waals surface area contributed by atoms with Crippen LogP contribution in [-0.4, -0.2) is 70.5 Å². The Labute approximate surface area is 185 Å². The Balaban J connectivity index is 0.00000210. The van der Waals surface area contributed by atoms with Gasteiger partial charge in [0, 0.05) is 19.6 Å². The Hall–Kier alpha value is -1.25. The van der Waals surface area contributed by atoms with Crippen LogP contribution in [0.2, 0.25) is 0 Å². The van der Waals surface area contributed by atoms with Gasteiger partial charge in [0.1, 0.15) is 0 Å². The molecule has 0 bridgehead atoms. The monoisotopic (exact) mass is 449 g/mol. The highest BCUT2D eigenvalue weighted by molar-refractivity contribution is 5.85. The minimum atomic E-state index is -0.0745. The molecule has 2 fully saturated rings. The maximum Gasteiger partial charge on any atom is 0.237 e. The van der Waals surface area contributed by atoms with Crippen molar-refractivity contribution in [3.05, 3.63) is 23.8 Å². The molecule has 0 radical (unpaired) electrons. The van der Waals surface area contributed by atoms with Gasteiger partial charge in [0.2, 0.25) is 5.91 Å². The number of carbonyl (C=O) groups is 1. The van der Waals surface area contributed by atoms with Gasteiger partial charge in [-0.1, -0.05) is 12.5 Å². The number of amides is 1. The normalized spacial score (nSPS) is 20.6. The number of piperidine rings is 1. The van der Waals surface area contributed by atoms with Crippen LogP contribution in [0, 0.1) is 0 Å². The molecule has 2 N–H and O–H groups in total. The van der Waals surface area contributed by atoms with Gasteiger partial charge in [0.25, 0.3) is 0 Å². The maximum atomic E-state index is 12.6. The third-order valence-electron chi connectivity index (χ3n) is 5.38. The second-order valence-corrected chi connectivity index (χ2v) is 7.03. The molecule has 0 aliphatic carbocycles. The van der Waals surface area contributed by atoms with E-state index in [1.807, 2.05) is 18.2 Å². The third-order valence-corrected chi connectivity index (χ3v) is 5.38. The summed E-state index contributed by atoms with van der Waals surface area (Å²) in [6, 6.07) is 5.97. The molecule has 29 heavy (non-hydrogen) atoms. The van der Waals surface area contributed by atoms with E-state index in [9.17, 15) is 4.79 Å². The van der Waals surface area contributed by atoms with Crippen LogP contribution in [0.4, 0.5) is 0 Å². The molecular formula is C20H33Cl2N3O4. The topological polar surface area (TPSA) is 72.1 Å². The van der Waals surface area contributed by atoms with E-state index in [4.69, 9.17) is 14.2 Å². The molecule has 166 valence electrons. The Morgan fingerprint density at radius 2 is 1.93 bits per heavy atom. The van der Waals surface area contributed by atoms with Gasteiger partial charge >= 0.3 is 0 Å². The fourth-order valence-corrected chi connectivity index (χ4v) is 3.80. The highest BCUT2D eigenvalue weighted by Crippen LogP contribution is 2.32. The summed E-state index contributed by atoms with van der Waals surface area (Å²) in [6.45, 7) is 4.59. The summed E-state index contributed by atoms with van der Waals surface area (Å²) in [5.41, 5.74) is 1.10. The van der Waals surface area contributed by atoms with E-state index < -0.39 is 0 Å². The SMILES string of the molecule is COc1ccc(C(CNC(=O)C2CCCCN2)N2CCOCC2)cc1OC.Cl.Cl. The van der Waals surface area contributed by atoms with Gasteiger partial charge < -0.3 is 24.8 Å². The van der Waals surface area contributed by atoms with Gasteiger partial charge in [-0.2, -0.15) is 0 Å². The lowest BCUT2D eigenvalue weighted by atomic mass is 10.0. The molecule has 1 amide bonds. The Morgan fingerprint density at radius 1 is 1.21 bits per heavy atom. The van der Waals surface area contributed by atoms with Gasteiger partial charge in [-0.3, -0.25) is 9.69 Å². The van der Waals surface area contributed by atoms with E-state index in [-0.39, 0.29) is 42.8 Å². The molecule has 1 aromatic rings. The molecule has 2 saturated heterocycles. The third kappa shape index (κ3) is 6.89. The number of morpholine rings is 1. The fraction of sp³-hybridized carbons (Fsp3) is 0.650. The first-order valence-electron chi connectivity index (χ1n) is 9.77. The molecule has 3 rings (SSSR count). The largest absolute Gasteiger partial charge is 0.493 e. The zero-order valence-corrected chi connectivity index (χ0v) is 18.8. The summed E-state index contributed by atoms with van der Waals surface area (Å²) in [5.74, 6) is 1.50. The Morgan fingerprint density at radius 3 is 2.55 bits per heavy atom. The summed E-state index contributed by atoms with van der Waals surface area (Å²) < 4.78 is 16.3. The van der Waals surface area contributed by atoms with Crippen molar-refractivity contribution in [2.75, 3.05) is 53.6 Å². The number of halogens is 2. The standard InChI is InChI=1S/C20H31N3O4.2ClH/c1-25-18-7-6-15(13-19(18)26-2)17(23-9-11-27-12-10-23)14-22-20(24)16-5-3-4-8-21-16;;/h6-7,13,16-17,21H,3-5,8-12,14H2,1-2H3,(H,22,24);2*1H. The zero-order valence-electron chi connectivity index (χ0n) is 17.1. The van der Waals surface area contributed by atoms with Crippen LogP contribution in [-0.2, 0) is 9.53 Å². The summed E-state index contributed by atoms with van der Waals surface area (Å²) in [5, 5.41) is 6.47. The lowest BCUT2D eigenvalue weighted by molar-refractivity contribution is -0.124. The summed E-state index contributed by atoms with van der Waals surface area (Å²) in [4.78, 5) is 14.9. The lowest BCUT2D eigenvalue weighted by Crippen LogP contribution is -2.49. The Bertz CT molecular complexity index is 624. The van der Waals surface area contributed by atoms with Crippen LogP contribution < -0.4 is 20.1 Å². The van der Waals surface area contributed by atoms with Crippen LogP contribution in [0.5, 0.6) is 11.5 Å².